The van der Waals surface area contributed by atoms with E-state index in [0.717, 1.165) is 29.1 Å². The third-order valence-corrected chi connectivity index (χ3v) is 5.83. The number of halogens is 1. The predicted octanol–water partition coefficient (Wildman–Crippen LogP) is 6.31. The highest BCUT2D eigenvalue weighted by Gasteiger charge is 2.30. The van der Waals surface area contributed by atoms with E-state index in [-0.39, 0.29) is 11.1 Å². The number of allylic oxidation sites excluding steroid dienone is 1. The molecule has 2 aromatic carbocycles. The molecule has 1 aliphatic heterocycles. The molecule has 0 radical (unpaired) electrons. The van der Waals surface area contributed by atoms with Crippen LogP contribution in [0.4, 0.5) is 11.4 Å². The highest BCUT2D eigenvalue weighted by atomic mass is 35.5. The third kappa shape index (κ3) is 4.81. The first-order chi connectivity index (χ1) is 15.2. The van der Waals surface area contributed by atoms with Crippen molar-refractivity contribution in [2.24, 2.45) is 0 Å². The molecule has 1 aliphatic rings. The summed E-state index contributed by atoms with van der Waals surface area (Å²) in [5, 5.41) is 12.9. The zero-order valence-electron chi connectivity index (χ0n) is 19.1. The number of anilines is 2. The van der Waals surface area contributed by atoms with Gasteiger partial charge in [0, 0.05) is 28.5 Å². The molecule has 5 nitrogen and oxygen atoms in total. The van der Waals surface area contributed by atoms with Crippen LogP contribution in [0.2, 0.25) is 5.02 Å². The monoisotopic (exact) mass is 449 g/mol. The van der Waals surface area contributed by atoms with Crippen LogP contribution in [0, 0.1) is 11.3 Å². The first-order valence-corrected chi connectivity index (χ1v) is 11.0. The lowest BCUT2D eigenvalue weighted by Crippen LogP contribution is -2.44. The second kappa shape index (κ2) is 9.50. The van der Waals surface area contributed by atoms with E-state index in [1.54, 1.807) is 24.3 Å². The number of benzene rings is 2. The number of carbonyl (C=O) groups excluding carboxylic acids is 1. The van der Waals surface area contributed by atoms with Crippen molar-refractivity contribution in [1.29, 1.82) is 5.26 Å². The van der Waals surface area contributed by atoms with E-state index >= 15 is 0 Å². The lowest BCUT2D eigenvalue weighted by molar-refractivity contribution is -0.112. The minimum atomic E-state index is -0.492. The van der Waals surface area contributed by atoms with Crippen molar-refractivity contribution in [3.8, 4) is 11.8 Å². The van der Waals surface area contributed by atoms with Crippen LogP contribution in [-0.4, -0.2) is 24.6 Å². The van der Waals surface area contributed by atoms with Crippen LogP contribution >= 0.6 is 11.6 Å². The van der Waals surface area contributed by atoms with Gasteiger partial charge >= 0.3 is 0 Å². The highest BCUT2D eigenvalue weighted by molar-refractivity contribution is 6.32. The number of fused-ring (bicyclic) bond motifs is 1. The summed E-state index contributed by atoms with van der Waals surface area (Å²) in [6.07, 6.45) is 3.76. The lowest BCUT2D eigenvalue weighted by atomic mass is 9.88. The largest absolute Gasteiger partial charge is 0.494 e. The van der Waals surface area contributed by atoms with Crippen molar-refractivity contribution in [3.63, 3.8) is 0 Å². The van der Waals surface area contributed by atoms with Crippen LogP contribution in [0.5, 0.6) is 5.75 Å². The van der Waals surface area contributed by atoms with Gasteiger partial charge in [-0.25, -0.2) is 0 Å². The van der Waals surface area contributed by atoms with E-state index in [0.29, 0.717) is 22.9 Å². The first kappa shape index (κ1) is 23.4. The fraction of sp³-hybridized carbons (Fsp3) is 0.308. The molecule has 0 saturated carbocycles. The van der Waals surface area contributed by atoms with Gasteiger partial charge < -0.3 is 15.0 Å². The molecule has 0 aliphatic carbocycles. The fourth-order valence-electron chi connectivity index (χ4n) is 4.11. The Morgan fingerprint density at radius 1 is 1.25 bits per heavy atom. The maximum atomic E-state index is 12.7. The van der Waals surface area contributed by atoms with Gasteiger partial charge in [-0.3, -0.25) is 4.79 Å². The minimum absolute atomic E-state index is 0.0224. The van der Waals surface area contributed by atoms with Crippen molar-refractivity contribution in [2.75, 3.05) is 23.4 Å². The fourth-order valence-corrected chi connectivity index (χ4v) is 4.32. The maximum absolute atomic E-state index is 12.7. The number of amides is 1. The quantitative estimate of drug-likeness (QED) is 0.414. The molecule has 0 fully saturated rings. The summed E-state index contributed by atoms with van der Waals surface area (Å²) < 4.78 is 5.41. The first-order valence-electron chi connectivity index (χ1n) is 10.7. The molecule has 1 amide bonds. The summed E-state index contributed by atoms with van der Waals surface area (Å²) in [6, 6.07) is 12.9. The van der Waals surface area contributed by atoms with E-state index in [4.69, 9.17) is 16.3 Å². The smallest absolute Gasteiger partial charge is 0.266 e. The Balaban J connectivity index is 1.91. The van der Waals surface area contributed by atoms with E-state index in [1.807, 2.05) is 25.1 Å². The number of ether oxygens (including phenoxy) is 1. The van der Waals surface area contributed by atoms with E-state index < -0.39 is 5.91 Å². The Kier molecular flexibility index (Phi) is 6.96. The number of nitrogens with zero attached hydrogens (tertiary/aromatic N) is 2. The molecule has 32 heavy (non-hydrogen) atoms. The van der Waals surface area contributed by atoms with Gasteiger partial charge in [-0.05, 0) is 88.2 Å². The standard InChI is InChI=1S/C26H28ClN3O2/c1-6-30-24-14-23(27)18(13-22(24)17(3)15-26(30,4)5)12-19(16-28)25(31)29-20-8-10-21(11-9-20)32-7-2/h8-15H,6-7H2,1-5H3,(H,29,31)/b19-12+. The molecule has 0 saturated heterocycles. The Morgan fingerprint density at radius 2 is 1.94 bits per heavy atom. The summed E-state index contributed by atoms with van der Waals surface area (Å²) in [4.78, 5) is 15.0. The zero-order valence-corrected chi connectivity index (χ0v) is 19.9. The minimum Gasteiger partial charge on any atom is -0.494 e. The predicted molar refractivity (Wildman–Crippen MR) is 132 cm³/mol. The Hall–Kier alpha value is -3.23. The Bertz CT molecular complexity index is 1120. The maximum Gasteiger partial charge on any atom is 0.266 e. The molecule has 0 unspecified atom stereocenters. The van der Waals surface area contributed by atoms with Gasteiger partial charge in [-0.15, -0.1) is 0 Å². The highest BCUT2D eigenvalue weighted by Crippen LogP contribution is 2.41. The molecule has 3 rings (SSSR count). The number of carbonyl (C=O) groups is 1. The Morgan fingerprint density at radius 3 is 2.53 bits per heavy atom. The average Bonchev–Trinajstić information content (AvgIpc) is 2.73. The molecule has 0 aromatic heterocycles. The van der Waals surface area contributed by atoms with Crippen LogP contribution < -0.4 is 15.0 Å². The van der Waals surface area contributed by atoms with E-state index in [9.17, 15) is 10.1 Å². The molecular formula is C26H28ClN3O2. The normalized spacial score (nSPS) is 14.8. The number of nitrogens with one attached hydrogen (secondary N) is 1. The number of hydrogen-bond acceptors (Lipinski definition) is 4. The van der Waals surface area contributed by atoms with Crippen LogP contribution in [0.3, 0.4) is 0 Å². The van der Waals surface area contributed by atoms with Crippen LogP contribution in [0.1, 0.15) is 45.7 Å². The summed E-state index contributed by atoms with van der Waals surface area (Å²) in [6.45, 7) is 11.8. The van der Waals surface area contributed by atoms with Crippen LogP contribution in [-0.2, 0) is 4.79 Å². The van der Waals surface area contributed by atoms with Crippen molar-refractivity contribution < 1.29 is 9.53 Å². The number of nitriles is 1. The summed E-state index contributed by atoms with van der Waals surface area (Å²) in [5.74, 6) is 0.226. The van der Waals surface area contributed by atoms with Crippen molar-refractivity contribution in [3.05, 3.63) is 64.2 Å². The number of hydrogen-bond donors (Lipinski definition) is 1. The number of likely N-dealkylation sites (N-methyl/N-ethyl adjacent to an activating group) is 1. The second-order valence-corrected chi connectivity index (χ2v) is 8.60. The van der Waals surface area contributed by atoms with Crippen LogP contribution in [0.15, 0.2) is 48.0 Å². The van der Waals surface area contributed by atoms with Gasteiger partial charge in [0.05, 0.1) is 12.1 Å². The topological polar surface area (TPSA) is 65.4 Å². The average molecular weight is 450 g/mol. The number of rotatable bonds is 6. The Labute approximate surface area is 194 Å². The van der Waals surface area contributed by atoms with Gasteiger partial charge in [0.15, 0.2) is 0 Å². The molecule has 0 atom stereocenters. The van der Waals surface area contributed by atoms with Gasteiger partial charge in [0.1, 0.15) is 17.4 Å². The van der Waals surface area contributed by atoms with Gasteiger partial charge in [0.2, 0.25) is 0 Å². The molecular weight excluding hydrogens is 422 g/mol. The van der Waals surface area contributed by atoms with Gasteiger partial charge in [-0.2, -0.15) is 5.26 Å². The van der Waals surface area contributed by atoms with Crippen molar-refractivity contribution in [2.45, 2.75) is 40.2 Å². The lowest BCUT2D eigenvalue weighted by Gasteiger charge is -2.43. The second-order valence-electron chi connectivity index (χ2n) is 8.20. The van der Waals surface area contributed by atoms with Gasteiger partial charge in [-0.1, -0.05) is 17.7 Å². The van der Waals surface area contributed by atoms with E-state index in [1.165, 1.54) is 6.08 Å². The van der Waals surface area contributed by atoms with E-state index in [2.05, 4.69) is 44.0 Å². The molecule has 0 spiro atoms. The van der Waals surface area contributed by atoms with Crippen molar-refractivity contribution >= 4 is 40.5 Å². The van der Waals surface area contributed by atoms with Crippen LogP contribution in [0.25, 0.3) is 11.6 Å². The summed E-state index contributed by atoms with van der Waals surface area (Å²) >= 11 is 6.59. The molecule has 2 aromatic rings. The van der Waals surface area contributed by atoms with Gasteiger partial charge in [0.25, 0.3) is 5.91 Å². The third-order valence-electron chi connectivity index (χ3n) is 5.50. The molecule has 166 valence electrons. The molecule has 1 heterocycles. The zero-order chi connectivity index (χ0) is 23.5. The molecule has 1 N–H and O–H groups in total. The molecule has 6 heteroatoms. The van der Waals surface area contributed by atoms with Crippen molar-refractivity contribution in [1.82, 2.24) is 0 Å². The summed E-state index contributed by atoms with van der Waals surface area (Å²) in [5.41, 5.74) is 4.30. The summed E-state index contributed by atoms with van der Waals surface area (Å²) in [7, 11) is 0. The SMILES string of the molecule is CCOc1ccc(NC(=O)/C(C#N)=C/c2cc3c(cc2Cl)N(CC)C(C)(C)C=C3C)cc1. The molecule has 0 bridgehead atoms.